The minimum atomic E-state index is -0.997. The first-order valence-corrected chi connectivity index (χ1v) is 10.8. The second-order valence-electron chi connectivity index (χ2n) is 8.51. The third-order valence-corrected chi connectivity index (χ3v) is 5.48. The fraction of sp³-hybridized carbons (Fsp3) is 0.231. The fourth-order valence-corrected chi connectivity index (χ4v) is 3.64. The van der Waals surface area contributed by atoms with Crippen LogP contribution in [-0.2, 0) is 0 Å². The quantitative estimate of drug-likeness (QED) is 0.392. The van der Waals surface area contributed by atoms with Gasteiger partial charge >= 0.3 is 5.97 Å². The van der Waals surface area contributed by atoms with Gasteiger partial charge in [-0.3, -0.25) is 4.98 Å². The number of nitrogens with one attached hydrogen (secondary N) is 1. The number of aromatic carboxylic acids is 1. The molecular formula is C26H27N5O2. The Balaban J connectivity index is 1.88. The van der Waals surface area contributed by atoms with E-state index in [1.807, 2.05) is 45.0 Å². The summed E-state index contributed by atoms with van der Waals surface area (Å²) in [7, 11) is 0. The first-order chi connectivity index (χ1) is 15.7. The highest BCUT2D eigenvalue weighted by molar-refractivity contribution is 5.95. The van der Waals surface area contributed by atoms with Crippen LogP contribution >= 0.6 is 0 Å². The molecule has 0 fully saturated rings. The Morgan fingerprint density at radius 1 is 1.06 bits per heavy atom. The zero-order chi connectivity index (χ0) is 23.7. The topological polar surface area (TPSA) is 92.9 Å². The highest BCUT2D eigenvalue weighted by atomic mass is 16.4. The molecule has 4 rings (SSSR count). The molecule has 4 aromatic rings. The standard InChI is InChI=1S/C26H27N5O2/c1-15(2)19-7-6-8-20(12-19)23-13-24(29-22-10-9-16(3)11-21(22)26(32)33)31(30-23)25-18(5)27-14-17(4)28-25/h6-15,29H,1-5H3,(H,32,33). The van der Waals surface area contributed by atoms with Crippen molar-refractivity contribution in [3.05, 3.63) is 82.8 Å². The lowest BCUT2D eigenvalue weighted by atomic mass is 10.00. The number of aromatic nitrogens is 4. The van der Waals surface area contributed by atoms with Gasteiger partial charge in [0.05, 0.1) is 28.3 Å². The van der Waals surface area contributed by atoms with Gasteiger partial charge in [0.1, 0.15) is 5.82 Å². The predicted molar refractivity (Wildman–Crippen MR) is 130 cm³/mol. The van der Waals surface area contributed by atoms with Gasteiger partial charge in [-0.15, -0.1) is 0 Å². The minimum absolute atomic E-state index is 0.193. The van der Waals surface area contributed by atoms with Crippen LogP contribution in [0.15, 0.2) is 54.7 Å². The highest BCUT2D eigenvalue weighted by Crippen LogP contribution is 2.30. The largest absolute Gasteiger partial charge is 0.478 e. The number of nitrogens with zero attached hydrogens (tertiary/aromatic N) is 4. The van der Waals surface area contributed by atoms with Crippen LogP contribution in [0.25, 0.3) is 17.1 Å². The molecule has 7 nitrogen and oxygen atoms in total. The van der Waals surface area contributed by atoms with E-state index < -0.39 is 5.97 Å². The van der Waals surface area contributed by atoms with Crippen LogP contribution in [0.1, 0.15) is 52.6 Å². The summed E-state index contributed by atoms with van der Waals surface area (Å²) in [5.74, 6) is 0.589. The van der Waals surface area contributed by atoms with Gasteiger partial charge in [-0.1, -0.05) is 43.7 Å². The summed E-state index contributed by atoms with van der Waals surface area (Å²) >= 11 is 0. The molecule has 0 saturated heterocycles. The third-order valence-electron chi connectivity index (χ3n) is 5.48. The number of carbonyl (C=O) groups is 1. The van der Waals surface area contributed by atoms with Gasteiger partial charge in [-0.25, -0.2) is 9.78 Å². The van der Waals surface area contributed by atoms with Crippen LogP contribution in [-0.4, -0.2) is 30.8 Å². The van der Waals surface area contributed by atoms with Crippen molar-refractivity contribution in [2.45, 2.75) is 40.5 Å². The van der Waals surface area contributed by atoms with Crippen molar-refractivity contribution in [1.82, 2.24) is 19.7 Å². The summed E-state index contributed by atoms with van der Waals surface area (Å²) in [5.41, 5.74) is 5.98. The molecule has 0 aliphatic rings. The number of carboxylic acid groups (broad SMARTS) is 1. The molecule has 7 heteroatoms. The Morgan fingerprint density at radius 3 is 2.58 bits per heavy atom. The Kier molecular flexibility index (Phi) is 5.96. The van der Waals surface area contributed by atoms with Crippen molar-refractivity contribution < 1.29 is 9.90 Å². The van der Waals surface area contributed by atoms with Gasteiger partial charge < -0.3 is 10.4 Å². The van der Waals surface area contributed by atoms with E-state index in [4.69, 9.17) is 5.10 Å². The van der Waals surface area contributed by atoms with Crippen LogP contribution < -0.4 is 5.32 Å². The first kappa shape index (κ1) is 22.2. The molecule has 0 amide bonds. The van der Waals surface area contributed by atoms with Gasteiger partial charge in [0, 0.05) is 17.8 Å². The molecule has 0 unspecified atom stereocenters. The predicted octanol–water partition coefficient (Wildman–Crippen LogP) is 5.82. The Bertz CT molecular complexity index is 1340. The Hall–Kier alpha value is -4.00. The van der Waals surface area contributed by atoms with Crippen molar-refractivity contribution in [2.24, 2.45) is 0 Å². The number of carboxylic acids is 1. The normalized spacial score (nSPS) is 11.1. The summed E-state index contributed by atoms with van der Waals surface area (Å²) in [5, 5.41) is 17.8. The lowest BCUT2D eigenvalue weighted by molar-refractivity contribution is 0.0698. The first-order valence-electron chi connectivity index (χ1n) is 10.8. The SMILES string of the molecule is Cc1ccc(Nc2cc(-c3cccc(C(C)C)c3)nn2-c2nc(C)cnc2C)c(C(=O)O)c1. The molecule has 33 heavy (non-hydrogen) atoms. The van der Waals surface area contributed by atoms with Crippen LogP contribution in [0.2, 0.25) is 0 Å². The highest BCUT2D eigenvalue weighted by Gasteiger charge is 2.18. The van der Waals surface area contributed by atoms with Gasteiger partial charge in [0.25, 0.3) is 0 Å². The number of aryl methyl sites for hydroxylation is 3. The van der Waals surface area contributed by atoms with Gasteiger partial charge in [-0.2, -0.15) is 9.78 Å². The molecule has 168 valence electrons. The molecular weight excluding hydrogens is 414 g/mol. The zero-order valence-corrected chi connectivity index (χ0v) is 19.4. The molecule has 0 aliphatic heterocycles. The summed E-state index contributed by atoms with van der Waals surface area (Å²) in [4.78, 5) is 20.9. The van der Waals surface area contributed by atoms with Gasteiger partial charge in [0.15, 0.2) is 5.82 Å². The van der Waals surface area contributed by atoms with E-state index in [1.165, 1.54) is 5.56 Å². The number of hydrogen-bond donors (Lipinski definition) is 2. The third kappa shape index (κ3) is 4.62. The van der Waals surface area contributed by atoms with Crippen molar-refractivity contribution in [2.75, 3.05) is 5.32 Å². The average Bonchev–Trinajstić information content (AvgIpc) is 3.20. The summed E-state index contributed by atoms with van der Waals surface area (Å²) < 4.78 is 1.69. The van der Waals surface area contributed by atoms with Gasteiger partial charge in [-0.05, 0) is 50.5 Å². The van der Waals surface area contributed by atoms with Crippen molar-refractivity contribution in [3.63, 3.8) is 0 Å². The van der Waals surface area contributed by atoms with E-state index in [9.17, 15) is 9.90 Å². The maximum atomic E-state index is 11.9. The molecule has 0 aliphatic carbocycles. The molecule has 0 atom stereocenters. The lowest BCUT2D eigenvalue weighted by Crippen LogP contribution is -2.10. The molecule has 0 radical (unpaired) electrons. The Morgan fingerprint density at radius 2 is 1.85 bits per heavy atom. The van der Waals surface area contributed by atoms with Crippen molar-refractivity contribution in [3.8, 4) is 17.1 Å². The summed E-state index contributed by atoms with van der Waals surface area (Å²) in [6, 6.07) is 15.5. The summed E-state index contributed by atoms with van der Waals surface area (Å²) in [6.45, 7) is 9.93. The molecule has 2 N–H and O–H groups in total. The molecule has 2 aromatic heterocycles. The van der Waals surface area contributed by atoms with E-state index in [1.54, 1.807) is 23.0 Å². The van der Waals surface area contributed by atoms with E-state index in [0.29, 0.717) is 23.2 Å². The molecule has 2 heterocycles. The van der Waals surface area contributed by atoms with E-state index >= 15 is 0 Å². The van der Waals surface area contributed by atoms with Crippen LogP contribution in [0.5, 0.6) is 0 Å². The molecule has 2 aromatic carbocycles. The zero-order valence-electron chi connectivity index (χ0n) is 19.4. The molecule has 0 saturated carbocycles. The van der Waals surface area contributed by atoms with Gasteiger partial charge in [0.2, 0.25) is 0 Å². The van der Waals surface area contributed by atoms with E-state index in [2.05, 4.69) is 41.3 Å². The number of anilines is 2. The average molecular weight is 442 g/mol. The number of hydrogen-bond acceptors (Lipinski definition) is 5. The monoisotopic (exact) mass is 441 g/mol. The second-order valence-corrected chi connectivity index (χ2v) is 8.51. The molecule has 0 bridgehead atoms. The smallest absolute Gasteiger partial charge is 0.337 e. The maximum absolute atomic E-state index is 11.9. The van der Waals surface area contributed by atoms with E-state index in [0.717, 1.165) is 28.2 Å². The maximum Gasteiger partial charge on any atom is 0.337 e. The number of benzene rings is 2. The minimum Gasteiger partial charge on any atom is -0.478 e. The fourth-order valence-electron chi connectivity index (χ4n) is 3.64. The van der Waals surface area contributed by atoms with E-state index in [-0.39, 0.29) is 5.56 Å². The summed E-state index contributed by atoms with van der Waals surface area (Å²) in [6.07, 6.45) is 1.71. The van der Waals surface area contributed by atoms with Crippen LogP contribution in [0, 0.1) is 20.8 Å². The Labute approximate surface area is 193 Å². The lowest BCUT2D eigenvalue weighted by Gasteiger charge is -2.13. The van der Waals surface area contributed by atoms with Crippen LogP contribution in [0.3, 0.4) is 0 Å². The van der Waals surface area contributed by atoms with Crippen molar-refractivity contribution in [1.29, 1.82) is 0 Å². The molecule has 0 spiro atoms. The number of rotatable bonds is 6. The van der Waals surface area contributed by atoms with Crippen LogP contribution in [0.4, 0.5) is 11.5 Å². The second kappa shape index (κ2) is 8.86. The van der Waals surface area contributed by atoms with Crippen molar-refractivity contribution >= 4 is 17.5 Å².